The zero-order valence-electron chi connectivity index (χ0n) is 60.3. The molecule has 0 aromatic heterocycles. The summed E-state index contributed by atoms with van der Waals surface area (Å²) in [5.41, 5.74) is 14.6. The van der Waals surface area contributed by atoms with Gasteiger partial charge in [-0.2, -0.15) is 8.42 Å². The Morgan fingerprint density at radius 2 is 0.701 bits per heavy atom. The van der Waals surface area contributed by atoms with E-state index >= 15 is 0 Å². The minimum absolute atomic E-state index is 0.00420. The number of hydrogen-bond acceptors (Lipinski definition) is 17. The Hall–Kier alpha value is -2.13. The van der Waals surface area contributed by atoms with E-state index in [1.807, 2.05) is 21.6 Å². The van der Waals surface area contributed by atoms with Crippen molar-refractivity contribution >= 4 is 11.6 Å². The molecular weight excluding hydrogens is 1300 g/mol. The van der Waals surface area contributed by atoms with Gasteiger partial charge in [0.1, 0.15) is 18.2 Å². The van der Waals surface area contributed by atoms with Crippen LogP contribution in [0.5, 0.6) is 0 Å². The molecule has 10 aliphatic rings. The minimum atomic E-state index is -2.90. The second-order valence-electron chi connectivity index (χ2n) is 30.0. The van der Waals surface area contributed by atoms with E-state index in [0.717, 1.165) is 118 Å². The summed E-state index contributed by atoms with van der Waals surface area (Å²) < 4.78 is 162. The highest BCUT2D eigenvalue weighted by molar-refractivity contribution is 7.51. The van der Waals surface area contributed by atoms with Crippen molar-refractivity contribution in [3.05, 3.63) is 10.4 Å². The minimum Gasteiger partial charge on any atom is -0.385 e. The molecule has 5 saturated carbocycles. The Kier molecular flexibility index (Phi) is 35.0. The fourth-order valence-corrected chi connectivity index (χ4v) is 16.4. The highest BCUT2D eigenvalue weighted by Gasteiger charge is 2.54. The highest BCUT2D eigenvalue weighted by atomic mass is 32.1. The van der Waals surface area contributed by atoms with Crippen LogP contribution in [0.4, 0.5) is 43.9 Å². The van der Waals surface area contributed by atoms with Gasteiger partial charge in [-0.15, -0.1) is 0 Å². The summed E-state index contributed by atoms with van der Waals surface area (Å²) in [5.74, 6) is -13.8. The van der Waals surface area contributed by atoms with Crippen molar-refractivity contribution in [3.8, 4) is 0 Å². The van der Waals surface area contributed by atoms with Gasteiger partial charge in [-0.05, 0) is 146 Å². The lowest BCUT2D eigenvalue weighted by atomic mass is 9.86. The average molecular weight is 1430 g/mol. The average Bonchev–Trinajstić information content (AvgIpc) is 0.835. The lowest BCUT2D eigenvalue weighted by molar-refractivity contribution is -0.169. The van der Waals surface area contributed by atoms with Gasteiger partial charge in [0.15, 0.2) is 0 Å². The predicted molar refractivity (Wildman–Crippen MR) is 362 cm³/mol. The maximum absolute atomic E-state index is 14.3. The number of azide groups is 1. The molecule has 5 saturated heterocycles. The van der Waals surface area contributed by atoms with Gasteiger partial charge in [0.25, 0.3) is 29.6 Å². The van der Waals surface area contributed by atoms with Gasteiger partial charge in [0.2, 0.25) is 0 Å². The van der Waals surface area contributed by atoms with E-state index in [-0.39, 0.29) is 56.3 Å². The Bertz CT molecular complexity index is 2260. The number of hydrogen-bond donors (Lipinski definition) is 3. The molecule has 0 bridgehead atoms. The summed E-state index contributed by atoms with van der Waals surface area (Å²) in [4.78, 5) is 24.3. The zero-order valence-corrected chi connectivity index (χ0v) is 61.1. The van der Waals surface area contributed by atoms with Crippen molar-refractivity contribution in [1.82, 2.24) is 49.0 Å². The molecule has 30 heteroatoms. The molecule has 10 rings (SSSR count). The number of alkyl halides is 10. The fraction of sp³-hybridized carbons (Fsp3) is 1.00. The second kappa shape index (κ2) is 39.7. The van der Waals surface area contributed by atoms with Gasteiger partial charge in [-0.25, -0.2) is 43.9 Å². The van der Waals surface area contributed by atoms with Crippen LogP contribution in [0.15, 0.2) is 5.11 Å². The Balaban J connectivity index is 0.000000217. The van der Waals surface area contributed by atoms with Crippen molar-refractivity contribution in [2.75, 3.05) is 138 Å². The van der Waals surface area contributed by atoms with Crippen LogP contribution in [0.3, 0.4) is 0 Å². The topological polar surface area (TPSA) is 191 Å². The third kappa shape index (κ3) is 24.8. The third-order valence-electron chi connectivity index (χ3n) is 22.2. The molecule has 10 atom stereocenters. The van der Waals surface area contributed by atoms with E-state index in [1.165, 1.54) is 0 Å². The van der Waals surface area contributed by atoms with Crippen LogP contribution in [-0.4, -0.2) is 326 Å². The van der Waals surface area contributed by atoms with Crippen LogP contribution >= 0.6 is 0 Å². The molecule has 97 heavy (non-hydrogen) atoms. The molecule has 0 aromatic carbocycles. The fourth-order valence-electron chi connectivity index (χ4n) is 16.4. The van der Waals surface area contributed by atoms with Crippen LogP contribution in [0.1, 0.15) is 172 Å². The molecule has 0 spiro atoms. The van der Waals surface area contributed by atoms with Gasteiger partial charge in [-0.1, -0.05) is 5.11 Å². The van der Waals surface area contributed by atoms with Crippen molar-refractivity contribution in [2.45, 2.75) is 293 Å². The molecule has 568 valence electrons. The van der Waals surface area contributed by atoms with Gasteiger partial charge in [-0.3, -0.25) is 49.0 Å². The van der Waals surface area contributed by atoms with Crippen LogP contribution in [0, 0.1) is 0 Å². The van der Waals surface area contributed by atoms with Gasteiger partial charge in [0.05, 0.1) is 24.2 Å². The quantitative estimate of drug-likeness (QED) is 0.0683. The Morgan fingerprint density at radius 3 is 1.02 bits per heavy atom. The van der Waals surface area contributed by atoms with Gasteiger partial charge in [0, 0.05) is 223 Å². The van der Waals surface area contributed by atoms with Crippen LogP contribution in [0.2, 0.25) is 0 Å². The van der Waals surface area contributed by atoms with Crippen molar-refractivity contribution in [1.29, 1.82) is 0 Å². The van der Waals surface area contributed by atoms with E-state index in [2.05, 4.69) is 114 Å². The number of rotatable bonds is 13. The van der Waals surface area contributed by atoms with Gasteiger partial charge >= 0.3 is 11.6 Å². The summed E-state index contributed by atoms with van der Waals surface area (Å²) in [6, 6.07) is -1.67. The summed E-state index contributed by atoms with van der Waals surface area (Å²) in [6.07, 6.45) is 2.29. The van der Waals surface area contributed by atoms with Gasteiger partial charge < -0.3 is 20.7 Å². The third-order valence-corrected chi connectivity index (χ3v) is 22.2. The monoisotopic (exact) mass is 1430 g/mol. The Morgan fingerprint density at radius 1 is 0.433 bits per heavy atom. The number of nitrogens with two attached hydrogens (primary N) is 1. The SMILES string of the molecule is CC(C)N1CCN([C@H]2CCCC(F)(F)[C@@H]2O)CC1.CC(C)N1CCN([C@H]2CCCC(F)(F)[C@H]2O)CC1.CC(C)N1CCN([C@H]2[C@H](N)CCCC2(F)F)CC1.CC(C)N1CCN([C@H]2[C@H](N=[N+]=[N-])CCCC2(F)F)CC1.CCO[C@@H]1CCCC(F)(F)[C@H]1N1CCN(C(C)C)CC1.O=S=O. The zero-order chi connectivity index (χ0) is 72.2. The lowest BCUT2D eigenvalue weighted by Crippen LogP contribution is -2.63. The smallest absolute Gasteiger partial charge is 0.335 e. The molecule has 5 aliphatic carbocycles. The molecule has 0 amide bonds. The molecule has 19 nitrogen and oxygen atoms in total. The van der Waals surface area contributed by atoms with Crippen LogP contribution < -0.4 is 5.73 Å². The summed E-state index contributed by atoms with van der Waals surface area (Å²) >= 11 is -0.750. The van der Waals surface area contributed by atoms with E-state index in [0.29, 0.717) is 114 Å². The second-order valence-corrected chi connectivity index (χ2v) is 30.1. The number of aliphatic hydroxyl groups excluding tert-OH is 2. The molecule has 0 unspecified atom stereocenters. The van der Waals surface area contributed by atoms with E-state index in [1.54, 1.807) is 0 Å². The van der Waals surface area contributed by atoms with E-state index in [4.69, 9.17) is 24.4 Å². The first-order chi connectivity index (χ1) is 45.6. The number of aliphatic hydroxyl groups is 2. The largest absolute Gasteiger partial charge is 0.385 e. The summed E-state index contributed by atoms with van der Waals surface area (Å²) in [6.45, 7) is 39.9. The van der Waals surface area contributed by atoms with E-state index < -0.39 is 77.6 Å². The maximum atomic E-state index is 14.3. The molecule has 5 heterocycles. The number of ether oxygens (including phenoxy) is 1. The van der Waals surface area contributed by atoms with Crippen molar-refractivity contribution < 1.29 is 67.3 Å². The molecule has 10 fully saturated rings. The van der Waals surface area contributed by atoms with Crippen molar-refractivity contribution in [2.24, 2.45) is 10.8 Å². The molecular formula is C67H124F10N14O5S. The van der Waals surface area contributed by atoms with Crippen LogP contribution in [-0.2, 0) is 16.3 Å². The first-order valence-electron chi connectivity index (χ1n) is 36.6. The molecule has 5 aliphatic heterocycles. The normalized spacial score (nSPS) is 33.0. The molecule has 0 aromatic rings. The highest BCUT2D eigenvalue weighted by Crippen LogP contribution is 2.42. The predicted octanol–water partition coefficient (Wildman–Crippen LogP) is 9.46. The first kappa shape index (κ1) is 85.5. The first-order valence-corrected chi connectivity index (χ1v) is 37.2. The maximum Gasteiger partial charge on any atom is 0.335 e. The molecule has 4 N–H and O–H groups in total. The number of halogens is 10. The summed E-state index contributed by atoms with van der Waals surface area (Å²) in [5, 5.41) is 23.3. The molecule has 0 radical (unpaired) electrons. The lowest BCUT2D eigenvalue weighted by Gasteiger charge is -2.47. The standard InChI is InChI=1S/C15H28F2N2O.C13H23F2N5.C13H25F2N3.2C13H24F2N2O.O2S/c1-4-20-13-6-5-7-15(16,17)14(13)19-10-8-18(9-11-19)12(2)3;1-10(2)19-6-8-20(9-7-19)12-11(17-18-16)4-3-5-13(12,14)15;1-10(2)17-6-8-18(9-7-17)12-11(16)4-3-5-13(12,14)15;2*1-10(2)16-6-8-17(9-7-16)11-4-3-5-13(14,15)12(11)18;1-3-2/h12-14H,4-11H2,1-3H3;10-12H,3-9H2,1-2H3;10-12H,3-9,16H2,1-2H3;2*10-12,18H,3-9H2,1-2H3;/t13-,14+;3*11-,12+;11-,12-;/m11100./s1. The van der Waals surface area contributed by atoms with Crippen LogP contribution in [0.25, 0.3) is 10.4 Å². The summed E-state index contributed by atoms with van der Waals surface area (Å²) in [7, 11) is 0. The van der Waals surface area contributed by atoms with Crippen molar-refractivity contribution in [3.63, 3.8) is 0 Å². The van der Waals surface area contributed by atoms with E-state index in [9.17, 15) is 54.1 Å². The number of nitrogens with zero attached hydrogens (tertiary/aromatic N) is 13. The number of piperazine rings is 5. The Labute approximate surface area is 577 Å².